The number of hydrogen-bond donors (Lipinski definition) is 1. The van der Waals surface area contributed by atoms with E-state index in [0.29, 0.717) is 5.75 Å². The lowest BCUT2D eigenvalue weighted by atomic mass is 9.82. The van der Waals surface area contributed by atoms with Gasteiger partial charge in [0.15, 0.2) is 0 Å². The minimum Gasteiger partial charge on any atom is -0.496 e. The lowest BCUT2D eigenvalue weighted by Crippen LogP contribution is -2.15. The number of fused-ring (bicyclic) bond motifs is 1. The van der Waals surface area contributed by atoms with Gasteiger partial charge in [0.25, 0.3) is 0 Å². The molecule has 0 unspecified atom stereocenters. The van der Waals surface area contributed by atoms with Gasteiger partial charge in [0.05, 0.1) is 20.3 Å². The average Bonchev–Trinajstić information content (AvgIpc) is 2.55. The number of methoxy groups -OCH3 is 2. The van der Waals surface area contributed by atoms with Gasteiger partial charge in [0.1, 0.15) is 11.5 Å². The van der Waals surface area contributed by atoms with Crippen molar-refractivity contribution in [1.29, 1.82) is 0 Å². The van der Waals surface area contributed by atoms with Crippen LogP contribution in [0.2, 0.25) is 0 Å². The first-order valence-electron chi connectivity index (χ1n) is 6.92. The molecule has 0 spiro atoms. The normalized spacial score (nSPS) is 20.0. The molecule has 0 aliphatic heterocycles. The molecule has 0 saturated heterocycles. The topological polar surface area (TPSA) is 38.7 Å². The van der Waals surface area contributed by atoms with Crippen LogP contribution in [0.25, 0.3) is 6.08 Å². The highest BCUT2D eigenvalue weighted by Gasteiger charge is 2.30. The lowest BCUT2D eigenvalue weighted by molar-refractivity contribution is 0.155. The van der Waals surface area contributed by atoms with Crippen LogP contribution in [0.5, 0.6) is 11.5 Å². The van der Waals surface area contributed by atoms with Gasteiger partial charge in [-0.05, 0) is 17.7 Å². The van der Waals surface area contributed by atoms with E-state index in [1.165, 1.54) is 0 Å². The number of rotatable bonds is 3. The third kappa shape index (κ3) is 2.30. The first-order valence-corrected chi connectivity index (χ1v) is 6.92. The van der Waals surface area contributed by atoms with E-state index < -0.39 is 6.10 Å². The van der Waals surface area contributed by atoms with Crippen molar-refractivity contribution in [2.45, 2.75) is 12.0 Å². The van der Waals surface area contributed by atoms with Crippen LogP contribution < -0.4 is 9.47 Å². The molecule has 1 aliphatic rings. The molecule has 1 aliphatic carbocycles. The molecule has 0 aromatic heterocycles. The highest BCUT2D eigenvalue weighted by atomic mass is 16.5. The summed E-state index contributed by atoms with van der Waals surface area (Å²) in [5.74, 6) is 1.34. The fourth-order valence-electron chi connectivity index (χ4n) is 2.88. The van der Waals surface area contributed by atoms with E-state index in [4.69, 9.17) is 9.47 Å². The van der Waals surface area contributed by atoms with Crippen LogP contribution >= 0.6 is 0 Å². The molecule has 0 saturated carbocycles. The van der Waals surface area contributed by atoms with Gasteiger partial charge < -0.3 is 14.6 Å². The Morgan fingerprint density at radius 1 is 0.905 bits per heavy atom. The second-order valence-electron chi connectivity index (χ2n) is 5.04. The van der Waals surface area contributed by atoms with Crippen LogP contribution in [0.4, 0.5) is 0 Å². The van der Waals surface area contributed by atoms with Gasteiger partial charge >= 0.3 is 0 Å². The van der Waals surface area contributed by atoms with Gasteiger partial charge in [-0.3, -0.25) is 0 Å². The Bertz CT molecular complexity index is 662. The zero-order chi connectivity index (χ0) is 14.8. The maximum Gasteiger partial charge on any atom is 0.126 e. The van der Waals surface area contributed by atoms with Crippen LogP contribution in [0.15, 0.2) is 48.5 Å². The van der Waals surface area contributed by atoms with Crippen LogP contribution in [0.3, 0.4) is 0 Å². The molecule has 108 valence electrons. The summed E-state index contributed by atoms with van der Waals surface area (Å²) in [6.07, 6.45) is 3.36. The second-order valence-corrected chi connectivity index (χ2v) is 5.04. The minimum atomic E-state index is -0.655. The first-order chi connectivity index (χ1) is 10.3. The van der Waals surface area contributed by atoms with Crippen molar-refractivity contribution in [3.63, 3.8) is 0 Å². The monoisotopic (exact) mass is 282 g/mol. The van der Waals surface area contributed by atoms with Gasteiger partial charge in [-0.2, -0.15) is 0 Å². The van der Waals surface area contributed by atoms with E-state index in [-0.39, 0.29) is 5.92 Å². The molecule has 2 aromatic carbocycles. The molecule has 0 radical (unpaired) electrons. The zero-order valence-corrected chi connectivity index (χ0v) is 12.1. The predicted molar refractivity (Wildman–Crippen MR) is 82.7 cm³/mol. The Morgan fingerprint density at radius 2 is 1.57 bits per heavy atom. The molecule has 1 N–H and O–H groups in total. The van der Waals surface area contributed by atoms with Gasteiger partial charge in [-0.15, -0.1) is 0 Å². The van der Waals surface area contributed by atoms with E-state index in [1.807, 2.05) is 54.6 Å². The SMILES string of the molecule is COc1ccc(OC)c2c1C=C[C@H](c1ccccc1)[C@@H]2O. The molecule has 3 rings (SSSR count). The highest BCUT2D eigenvalue weighted by Crippen LogP contribution is 2.45. The molecule has 0 amide bonds. The molecule has 3 heteroatoms. The largest absolute Gasteiger partial charge is 0.496 e. The van der Waals surface area contributed by atoms with Crippen LogP contribution in [-0.2, 0) is 0 Å². The summed E-state index contributed by atoms with van der Waals surface area (Å²) in [7, 11) is 3.25. The summed E-state index contributed by atoms with van der Waals surface area (Å²) < 4.78 is 10.8. The molecule has 2 aromatic rings. The van der Waals surface area contributed by atoms with Crippen molar-refractivity contribution in [2.24, 2.45) is 0 Å². The Kier molecular flexibility index (Phi) is 3.67. The van der Waals surface area contributed by atoms with Crippen molar-refractivity contribution in [3.8, 4) is 11.5 Å². The number of benzene rings is 2. The molecule has 21 heavy (non-hydrogen) atoms. The third-order valence-electron chi connectivity index (χ3n) is 3.94. The Morgan fingerprint density at radius 3 is 2.24 bits per heavy atom. The third-order valence-corrected chi connectivity index (χ3v) is 3.94. The van der Waals surface area contributed by atoms with Crippen molar-refractivity contribution in [2.75, 3.05) is 14.2 Å². The number of aliphatic hydroxyl groups is 1. The quantitative estimate of drug-likeness (QED) is 0.935. The van der Waals surface area contributed by atoms with Crippen molar-refractivity contribution < 1.29 is 14.6 Å². The Hall–Kier alpha value is -2.26. The van der Waals surface area contributed by atoms with Crippen LogP contribution in [-0.4, -0.2) is 19.3 Å². The average molecular weight is 282 g/mol. The van der Waals surface area contributed by atoms with E-state index in [9.17, 15) is 5.11 Å². The standard InChI is InChI=1S/C18H18O3/c1-20-15-10-11-16(21-2)17-14(15)9-8-13(18(17)19)12-6-4-3-5-7-12/h3-11,13,18-19H,1-2H3/t13-,18+/m1/s1. The molecular formula is C18H18O3. The Balaban J connectivity index is 2.11. The Labute approximate surface area is 124 Å². The van der Waals surface area contributed by atoms with E-state index in [1.54, 1.807) is 14.2 Å². The lowest BCUT2D eigenvalue weighted by Gasteiger charge is -2.28. The summed E-state index contributed by atoms with van der Waals surface area (Å²) in [6, 6.07) is 13.7. The predicted octanol–water partition coefficient (Wildman–Crippen LogP) is 3.55. The summed E-state index contributed by atoms with van der Waals surface area (Å²) in [5, 5.41) is 10.8. The van der Waals surface area contributed by atoms with E-state index >= 15 is 0 Å². The van der Waals surface area contributed by atoms with Gasteiger partial charge in [-0.1, -0.05) is 42.5 Å². The smallest absolute Gasteiger partial charge is 0.126 e. The number of aliphatic hydroxyl groups excluding tert-OH is 1. The zero-order valence-electron chi connectivity index (χ0n) is 12.1. The number of hydrogen-bond acceptors (Lipinski definition) is 3. The number of ether oxygens (including phenoxy) is 2. The highest BCUT2D eigenvalue weighted by molar-refractivity contribution is 5.69. The van der Waals surface area contributed by atoms with Crippen LogP contribution in [0, 0.1) is 0 Å². The molecule has 3 nitrogen and oxygen atoms in total. The van der Waals surface area contributed by atoms with E-state index in [0.717, 1.165) is 22.4 Å². The summed E-state index contributed by atoms with van der Waals surface area (Å²) in [6.45, 7) is 0. The maximum absolute atomic E-state index is 10.8. The maximum atomic E-state index is 10.8. The molecule has 2 atom stereocenters. The first kappa shape index (κ1) is 13.7. The van der Waals surface area contributed by atoms with Crippen molar-refractivity contribution >= 4 is 6.08 Å². The minimum absolute atomic E-state index is 0.0836. The summed E-state index contributed by atoms with van der Waals surface area (Å²) >= 11 is 0. The second kappa shape index (κ2) is 5.62. The fourth-order valence-corrected chi connectivity index (χ4v) is 2.88. The van der Waals surface area contributed by atoms with Gasteiger partial charge in [-0.25, -0.2) is 0 Å². The summed E-state index contributed by atoms with van der Waals surface area (Å²) in [4.78, 5) is 0. The molecular weight excluding hydrogens is 264 g/mol. The van der Waals surface area contributed by atoms with E-state index in [2.05, 4.69) is 0 Å². The molecule has 0 bridgehead atoms. The van der Waals surface area contributed by atoms with Crippen molar-refractivity contribution in [3.05, 3.63) is 65.2 Å². The van der Waals surface area contributed by atoms with Gasteiger partial charge in [0.2, 0.25) is 0 Å². The molecule has 0 fully saturated rings. The summed E-state index contributed by atoms with van der Waals surface area (Å²) in [5.41, 5.74) is 2.75. The van der Waals surface area contributed by atoms with Gasteiger partial charge in [0, 0.05) is 17.0 Å². The van der Waals surface area contributed by atoms with Crippen molar-refractivity contribution in [1.82, 2.24) is 0 Å². The fraction of sp³-hybridized carbons (Fsp3) is 0.222. The molecule has 0 heterocycles. The van der Waals surface area contributed by atoms with Crippen LogP contribution in [0.1, 0.15) is 28.7 Å².